The molecule has 0 aromatic carbocycles. The molecule has 0 radical (unpaired) electrons. The van der Waals surface area contributed by atoms with Crippen LogP contribution < -0.4 is 20.9 Å². The molecule has 3 atom stereocenters. The SMILES string of the molecule is CC(C)C[C@H]1CNC(=O)C2=CC3C=NC(Nc4ccc(N5CCNCC5)cn4)=NC3N21. The Morgan fingerprint density at radius 3 is 2.84 bits per heavy atom. The number of piperazine rings is 2. The third-order valence-corrected chi connectivity index (χ3v) is 6.22. The van der Waals surface area contributed by atoms with Crippen molar-refractivity contribution in [2.45, 2.75) is 32.5 Å². The van der Waals surface area contributed by atoms with E-state index in [1.54, 1.807) is 0 Å². The highest BCUT2D eigenvalue weighted by Crippen LogP contribution is 2.35. The first-order chi connectivity index (χ1) is 15.1. The Kier molecular flexibility index (Phi) is 5.35. The van der Waals surface area contributed by atoms with Gasteiger partial charge in [-0.15, -0.1) is 0 Å². The number of aliphatic imine (C=N–C) groups is 2. The molecule has 1 aromatic heterocycles. The molecule has 3 N–H and O–H groups in total. The number of hydrogen-bond acceptors (Lipinski definition) is 8. The summed E-state index contributed by atoms with van der Waals surface area (Å²) in [5.41, 5.74) is 1.85. The van der Waals surface area contributed by atoms with Crippen LogP contribution in [0.25, 0.3) is 0 Å². The van der Waals surface area contributed by atoms with E-state index in [1.165, 1.54) is 0 Å². The molecule has 0 saturated carbocycles. The molecule has 0 bridgehead atoms. The highest BCUT2D eigenvalue weighted by molar-refractivity contribution is 6.01. The van der Waals surface area contributed by atoms with Gasteiger partial charge in [0.25, 0.3) is 5.91 Å². The van der Waals surface area contributed by atoms with Crippen molar-refractivity contribution in [3.63, 3.8) is 0 Å². The summed E-state index contributed by atoms with van der Waals surface area (Å²) < 4.78 is 0. The average Bonchev–Trinajstić information content (AvgIpc) is 3.17. The maximum atomic E-state index is 12.4. The molecule has 1 aromatic rings. The van der Waals surface area contributed by atoms with Crippen molar-refractivity contribution < 1.29 is 4.79 Å². The number of rotatable bonds is 4. The first-order valence-corrected chi connectivity index (χ1v) is 11.2. The van der Waals surface area contributed by atoms with Gasteiger partial charge < -0.3 is 25.8 Å². The fourth-order valence-electron chi connectivity index (χ4n) is 4.76. The summed E-state index contributed by atoms with van der Waals surface area (Å²) in [6.45, 7) is 9.05. The maximum Gasteiger partial charge on any atom is 0.267 e. The quantitative estimate of drug-likeness (QED) is 0.671. The minimum absolute atomic E-state index is 0.0158. The number of nitrogens with zero attached hydrogens (tertiary/aromatic N) is 5. The largest absolute Gasteiger partial charge is 0.368 e. The average molecular weight is 423 g/mol. The molecule has 2 fully saturated rings. The summed E-state index contributed by atoms with van der Waals surface area (Å²) in [6.07, 6.45) is 6.65. The summed E-state index contributed by atoms with van der Waals surface area (Å²) in [7, 11) is 0. The van der Waals surface area contributed by atoms with Gasteiger partial charge in [-0.3, -0.25) is 4.79 Å². The molecule has 5 rings (SSSR count). The van der Waals surface area contributed by atoms with Crippen LogP contribution in [0.1, 0.15) is 20.3 Å². The Labute approximate surface area is 182 Å². The summed E-state index contributed by atoms with van der Waals surface area (Å²) in [6, 6.07) is 4.29. The van der Waals surface area contributed by atoms with Crippen molar-refractivity contribution in [3.8, 4) is 0 Å². The number of anilines is 2. The number of carbonyl (C=O) groups is 1. The van der Waals surface area contributed by atoms with Gasteiger partial charge in [0.05, 0.1) is 17.8 Å². The van der Waals surface area contributed by atoms with E-state index in [0.717, 1.165) is 49.8 Å². The molecular formula is C22H30N8O. The van der Waals surface area contributed by atoms with Gasteiger partial charge in [-0.05, 0) is 30.5 Å². The van der Waals surface area contributed by atoms with E-state index in [-0.39, 0.29) is 24.0 Å². The van der Waals surface area contributed by atoms with Gasteiger partial charge >= 0.3 is 0 Å². The van der Waals surface area contributed by atoms with Crippen LogP contribution in [0.4, 0.5) is 11.5 Å². The zero-order valence-corrected chi connectivity index (χ0v) is 18.1. The molecule has 4 aliphatic rings. The van der Waals surface area contributed by atoms with Crippen LogP contribution in [0.5, 0.6) is 0 Å². The molecule has 9 nitrogen and oxygen atoms in total. The predicted octanol–water partition coefficient (Wildman–Crippen LogP) is 1.03. The van der Waals surface area contributed by atoms with E-state index < -0.39 is 0 Å². The minimum atomic E-state index is -0.134. The standard InChI is InChI=1S/C22H30N8O/c1-14(2)9-17-13-25-21(31)18-10-15-11-26-22(28-20(15)30(17)18)27-19-4-3-16(12-24-19)29-7-5-23-6-8-29/h3-4,10-12,14-15,17,20,23H,5-9,13H2,1-2H3,(H,25,31)(H,24,27,28)/t15?,17-,20?/m0/s1. The Hall–Kier alpha value is -2.94. The highest BCUT2D eigenvalue weighted by atomic mass is 16.2. The fourth-order valence-corrected chi connectivity index (χ4v) is 4.76. The zero-order valence-electron chi connectivity index (χ0n) is 18.1. The Morgan fingerprint density at radius 1 is 1.26 bits per heavy atom. The number of amides is 1. The highest BCUT2D eigenvalue weighted by Gasteiger charge is 2.44. The van der Waals surface area contributed by atoms with E-state index in [9.17, 15) is 4.79 Å². The molecule has 31 heavy (non-hydrogen) atoms. The maximum absolute atomic E-state index is 12.4. The third-order valence-electron chi connectivity index (χ3n) is 6.22. The molecule has 5 heterocycles. The molecular weight excluding hydrogens is 392 g/mol. The van der Waals surface area contributed by atoms with Crippen LogP contribution in [0, 0.1) is 11.8 Å². The van der Waals surface area contributed by atoms with E-state index in [4.69, 9.17) is 4.99 Å². The number of fused-ring (bicyclic) bond motifs is 3. The summed E-state index contributed by atoms with van der Waals surface area (Å²) in [5.74, 6) is 1.79. The number of pyridine rings is 1. The molecule has 1 amide bonds. The molecule has 164 valence electrons. The fraction of sp³-hybridized carbons (Fsp3) is 0.545. The number of guanidine groups is 1. The lowest BCUT2D eigenvalue weighted by atomic mass is 9.99. The van der Waals surface area contributed by atoms with Crippen molar-refractivity contribution in [1.82, 2.24) is 20.5 Å². The second kappa shape index (κ2) is 8.30. The normalized spacial score (nSPS) is 27.5. The number of carbonyl (C=O) groups excluding carboxylic acids is 1. The van der Waals surface area contributed by atoms with Crippen LogP contribution in [-0.2, 0) is 4.79 Å². The van der Waals surface area contributed by atoms with Crippen LogP contribution in [-0.4, -0.2) is 72.9 Å². The zero-order chi connectivity index (χ0) is 21.4. The molecule has 2 unspecified atom stereocenters. The minimum Gasteiger partial charge on any atom is -0.368 e. The third kappa shape index (κ3) is 4.01. The lowest BCUT2D eigenvalue weighted by Crippen LogP contribution is -2.55. The smallest absolute Gasteiger partial charge is 0.267 e. The van der Waals surface area contributed by atoms with Gasteiger partial charge in [0.1, 0.15) is 17.7 Å². The topological polar surface area (TPSA) is 97.2 Å². The van der Waals surface area contributed by atoms with E-state index in [2.05, 4.69) is 55.6 Å². The summed E-state index contributed by atoms with van der Waals surface area (Å²) in [5, 5.41) is 9.64. The van der Waals surface area contributed by atoms with Gasteiger partial charge in [-0.25, -0.2) is 15.0 Å². The predicted molar refractivity (Wildman–Crippen MR) is 122 cm³/mol. The summed E-state index contributed by atoms with van der Waals surface area (Å²) in [4.78, 5) is 30.9. The van der Waals surface area contributed by atoms with Crippen LogP contribution in [0.3, 0.4) is 0 Å². The molecule has 9 heteroatoms. The Morgan fingerprint density at radius 2 is 2.10 bits per heavy atom. The van der Waals surface area contributed by atoms with Gasteiger partial charge in [0.15, 0.2) is 0 Å². The van der Waals surface area contributed by atoms with Crippen LogP contribution in [0.2, 0.25) is 0 Å². The van der Waals surface area contributed by atoms with Crippen LogP contribution >= 0.6 is 0 Å². The van der Waals surface area contributed by atoms with Gasteiger partial charge in [0.2, 0.25) is 5.96 Å². The lowest BCUT2D eigenvalue weighted by molar-refractivity contribution is -0.121. The van der Waals surface area contributed by atoms with E-state index in [1.807, 2.05) is 24.6 Å². The molecule has 0 aliphatic carbocycles. The Bertz CT molecular complexity index is 916. The number of hydrogen-bond donors (Lipinski definition) is 3. The van der Waals surface area contributed by atoms with Crippen molar-refractivity contribution in [3.05, 3.63) is 30.1 Å². The van der Waals surface area contributed by atoms with E-state index in [0.29, 0.717) is 18.4 Å². The van der Waals surface area contributed by atoms with Crippen molar-refractivity contribution in [2.75, 3.05) is 42.9 Å². The van der Waals surface area contributed by atoms with Crippen molar-refractivity contribution in [1.29, 1.82) is 0 Å². The van der Waals surface area contributed by atoms with Gasteiger partial charge in [0, 0.05) is 45.0 Å². The van der Waals surface area contributed by atoms with Crippen molar-refractivity contribution >= 4 is 29.6 Å². The Balaban J connectivity index is 1.31. The lowest BCUT2D eigenvalue weighted by Gasteiger charge is -2.40. The molecule has 0 spiro atoms. The van der Waals surface area contributed by atoms with Gasteiger partial charge in [-0.2, -0.15) is 0 Å². The van der Waals surface area contributed by atoms with Crippen molar-refractivity contribution in [2.24, 2.45) is 21.8 Å². The summed E-state index contributed by atoms with van der Waals surface area (Å²) >= 11 is 0. The van der Waals surface area contributed by atoms with E-state index >= 15 is 0 Å². The molecule has 2 saturated heterocycles. The monoisotopic (exact) mass is 422 g/mol. The second-order valence-corrected chi connectivity index (χ2v) is 8.94. The van der Waals surface area contributed by atoms with Crippen LogP contribution in [0.15, 0.2) is 40.1 Å². The number of aromatic nitrogens is 1. The second-order valence-electron chi connectivity index (χ2n) is 8.94. The molecule has 4 aliphatic heterocycles. The first-order valence-electron chi connectivity index (χ1n) is 11.2. The number of nitrogens with one attached hydrogen (secondary N) is 3. The first kappa shape index (κ1) is 20.0. The van der Waals surface area contributed by atoms with Gasteiger partial charge in [-0.1, -0.05) is 13.8 Å².